The van der Waals surface area contributed by atoms with Gasteiger partial charge in [-0.25, -0.2) is 0 Å². The first-order valence-corrected chi connectivity index (χ1v) is 6.82. The van der Waals surface area contributed by atoms with Gasteiger partial charge in [-0.1, -0.05) is 28.1 Å². The number of nitrogens with one attached hydrogen (secondary N) is 1. The lowest BCUT2D eigenvalue weighted by molar-refractivity contribution is 1.20. The Kier molecular flexibility index (Phi) is 2.17. The molecule has 0 spiro atoms. The van der Waals surface area contributed by atoms with Crippen molar-refractivity contribution in [1.29, 1.82) is 0 Å². The zero-order valence-electron chi connectivity index (χ0n) is 9.90. The molecule has 1 aliphatic rings. The van der Waals surface area contributed by atoms with Crippen LogP contribution >= 0.6 is 15.9 Å². The number of aromatic nitrogens is 2. The summed E-state index contributed by atoms with van der Waals surface area (Å²) in [4.78, 5) is 19.5. The lowest BCUT2D eigenvalue weighted by atomic mass is 10.1. The Morgan fingerprint density at radius 3 is 2.95 bits per heavy atom. The number of pyridine rings is 2. The molecule has 1 aromatic carbocycles. The standard InChI is InChI=1S/C15H9BrN2O/c16-12-5-1-3-8-10(12)7-11-13-9(4-2-6-17-13)15(19)18-14(8)11/h1-6H,7H2,(H,18,19). The van der Waals surface area contributed by atoms with Gasteiger partial charge in [0.25, 0.3) is 5.56 Å². The van der Waals surface area contributed by atoms with Crippen LogP contribution in [0.15, 0.2) is 45.8 Å². The molecule has 92 valence electrons. The fourth-order valence-electron chi connectivity index (χ4n) is 2.76. The third-order valence-electron chi connectivity index (χ3n) is 3.62. The Bertz CT molecular complexity index is 883. The van der Waals surface area contributed by atoms with Gasteiger partial charge in [0.15, 0.2) is 0 Å². The molecule has 4 heteroatoms. The average Bonchev–Trinajstić information content (AvgIpc) is 2.80. The fraction of sp³-hybridized carbons (Fsp3) is 0.0667. The van der Waals surface area contributed by atoms with Crippen LogP contribution in [0.25, 0.3) is 22.2 Å². The molecule has 1 aliphatic carbocycles. The van der Waals surface area contributed by atoms with Crippen molar-refractivity contribution in [2.45, 2.75) is 6.42 Å². The molecule has 0 atom stereocenters. The van der Waals surface area contributed by atoms with E-state index in [-0.39, 0.29) is 5.56 Å². The predicted octanol–water partition coefficient (Wildman–Crippen LogP) is 3.26. The van der Waals surface area contributed by atoms with E-state index in [2.05, 4.69) is 25.9 Å². The normalized spacial score (nSPS) is 12.5. The fourth-order valence-corrected chi connectivity index (χ4v) is 3.26. The molecular formula is C15H9BrN2O. The van der Waals surface area contributed by atoms with Crippen LogP contribution in [-0.4, -0.2) is 9.97 Å². The van der Waals surface area contributed by atoms with Crippen molar-refractivity contribution in [1.82, 2.24) is 9.97 Å². The molecule has 3 aromatic rings. The van der Waals surface area contributed by atoms with Gasteiger partial charge in [-0.3, -0.25) is 9.78 Å². The number of rotatable bonds is 0. The summed E-state index contributed by atoms with van der Waals surface area (Å²) in [6.45, 7) is 0. The Labute approximate surface area is 117 Å². The first-order valence-electron chi connectivity index (χ1n) is 6.03. The quantitative estimate of drug-likeness (QED) is 0.541. The maximum Gasteiger partial charge on any atom is 0.257 e. The van der Waals surface area contributed by atoms with Crippen molar-refractivity contribution < 1.29 is 0 Å². The summed E-state index contributed by atoms with van der Waals surface area (Å²) in [5.41, 5.74) is 5.06. The van der Waals surface area contributed by atoms with Crippen LogP contribution in [0.5, 0.6) is 0 Å². The number of halogens is 1. The van der Waals surface area contributed by atoms with Crippen molar-refractivity contribution in [2.75, 3.05) is 0 Å². The number of fused-ring (bicyclic) bond motifs is 5. The van der Waals surface area contributed by atoms with E-state index in [0.29, 0.717) is 5.39 Å². The van der Waals surface area contributed by atoms with Gasteiger partial charge < -0.3 is 4.98 Å². The second kappa shape index (κ2) is 3.78. The maximum atomic E-state index is 12.1. The molecule has 2 heterocycles. The number of aromatic amines is 1. The summed E-state index contributed by atoms with van der Waals surface area (Å²) < 4.78 is 1.08. The van der Waals surface area contributed by atoms with E-state index in [1.165, 1.54) is 5.56 Å². The van der Waals surface area contributed by atoms with Gasteiger partial charge in [-0.15, -0.1) is 0 Å². The average molecular weight is 313 g/mol. The number of hydrogen-bond donors (Lipinski definition) is 1. The molecule has 0 bridgehead atoms. The lowest BCUT2D eigenvalue weighted by Crippen LogP contribution is -2.09. The van der Waals surface area contributed by atoms with E-state index in [4.69, 9.17) is 0 Å². The minimum Gasteiger partial charge on any atom is -0.321 e. The molecule has 2 aromatic heterocycles. The highest BCUT2D eigenvalue weighted by atomic mass is 79.9. The van der Waals surface area contributed by atoms with Gasteiger partial charge in [-0.2, -0.15) is 0 Å². The number of H-pyrrole nitrogens is 1. The number of hydrogen-bond acceptors (Lipinski definition) is 2. The van der Waals surface area contributed by atoms with Gasteiger partial charge in [0.05, 0.1) is 16.6 Å². The van der Waals surface area contributed by atoms with E-state index < -0.39 is 0 Å². The van der Waals surface area contributed by atoms with E-state index >= 15 is 0 Å². The molecule has 0 saturated heterocycles. The molecule has 4 rings (SSSR count). The highest BCUT2D eigenvalue weighted by molar-refractivity contribution is 9.10. The SMILES string of the molecule is O=c1[nH]c2c(c3ncccc13)Cc1c(Br)cccc1-2. The smallest absolute Gasteiger partial charge is 0.257 e. The van der Waals surface area contributed by atoms with Crippen molar-refractivity contribution in [3.63, 3.8) is 0 Å². The largest absolute Gasteiger partial charge is 0.321 e. The number of benzene rings is 1. The van der Waals surface area contributed by atoms with Crippen LogP contribution in [0.3, 0.4) is 0 Å². The Morgan fingerprint density at radius 1 is 1.16 bits per heavy atom. The van der Waals surface area contributed by atoms with E-state index in [9.17, 15) is 4.79 Å². The molecule has 0 amide bonds. The monoisotopic (exact) mass is 312 g/mol. The molecule has 0 radical (unpaired) electrons. The summed E-state index contributed by atoms with van der Waals surface area (Å²) >= 11 is 3.58. The van der Waals surface area contributed by atoms with Crippen LogP contribution in [0.2, 0.25) is 0 Å². The summed E-state index contributed by atoms with van der Waals surface area (Å²) in [5.74, 6) is 0. The molecule has 0 fully saturated rings. The molecule has 19 heavy (non-hydrogen) atoms. The summed E-state index contributed by atoms with van der Waals surface area (Å²) in [5, 5.41) is 0.658. The van der Waals surface area contributed by atoms with Gasteiger partial charge >= 0.3 is 0 Å². The zero-order chi connectivity index (χ0) is 13.0. The van der Waals surface area contributed by atoms with Gasteiger partial charge in [0, 0.05) is 28.2 Å². The summed E-state index contributed by atoms with van der Waals surface area (Å²) in [7, 11) is 0. The number of nitrogens with zero attached hydrogens (tertiary/aromatic N) is 1. The van der Waals surface area contributed by atoms with Gasteiger partial charge in [0.2, 0.25) is 0 Å². The molecular weight excluding hydrogens is 304 g/mol. The summed E-state index contributed by atoms with van der Waals surface area (Å²) in [6, 6.07) is 9.66. The maximum absolute atomic E-state index is 12.1. The Morgan fingerprint density at radius 2 is 2.05 bits per heavy atom. The topological polar surface area (TPSA) is 45.8 Å². The van der Waals surface area contributed by atoms with Crippen LogP contribution in [0.1, 0.15) is 11.1 Å². The van der Waals surface area contributed by atoms with E-state index in [0.717, 1.165) is 33.2 Å². The molecule has 0 aliphatic heterocycles. The zero-order valence-corrected chi connectivity index (χ0v) is 11.5. The minimum atomic E-state index is -0.0744. The van der Waals surface area contributed by atoms with Crippen LogP contribution in [0, 0.1) is 0 Å². The van der Waals surface area contributed by atoms with Crippen molar-refractivity contribution in [3.05, 3.63) is 62.5 Å². The van der Waals surface area contributed by atoms with Crippen LogP contribution < -0.4 is 5.56 Å². The first-order chi connectivity index (χ1) is 9.25. The van der Waals surface area contributed by atoms with Crippen molar-refractivity contribution >= 4 is 26.8 Å². The molecule has 0 saturated carbocycles. The highest BCUT2D eigenvalue weighted by Gasteiger charge is 2.24. The van der Waals surface area contributed by atoms with E-state index in [1.54, 1.807) is 12.3 Å². The molecule has 3 nitrogen and oxygen atoms in total. The van der Waals surface area contributed by atoms with Gasteiger partial charge in [0.1, 0.15) is 0 Å². The Hall–Kier alpha value is -1.94. The third-order valence-corrected chi connectivity index (χ3v) is 4.36. The third kappa shape index (κ3) is 1.43. The minimum absolute atomic E-state index is 0.0744. The molecule has 0 unspecified atom stereocenters. The second-order valence-electron chi connectivity index (χ2n) is 4.65. The van der Waals surface area contributed by atoms with Crippen molar-refractivity contribution in [2.24, 2.45) is 0 Å². The lowest BCUT2D eigenvalue weighted by Gasteiger charge is -2.03. The van der Waals surface area contributed by atoms with Gasteiger partial charge in [-0.05, 0) is 23.8 Å². The predicted molar refractivity (Wildman–Crippen MR) is 78.3 cm³/mol. The van der Waals surface area contributed by atoms with Crippen LogP contribution in [0.4, 0.5) is 0 Å². The summed E-state index contributed by atoms with van der Waals surface area (Å²) in [6.07, 6.45) is 2.54. The molecule has 1 N–H and O–H groups in total. The Balaban J connectivity index is 2.16. The van der Waals surface area contributed by atoms with Crippen LogP contribution in [-0.2, 0) is 6.42 Å². The first kappa shape index (κ1) is 10.9. The van der Waals surface area contributed by atoms with E-state index in [1.807, 2.05) is 24.3 Å². The van der Waals surface area contributed by atoms with Crippen molar-refractivity contribution in [3.8, 4) is 11.3 Å². The second-order valence-corrected chi connectivity index (χ2v) is 5.50. The highest BCUT2D eigenvalue weighted by Crippen LogP contribution is 2.40.